The number of hydrogen-bond acceptors (Lipinski definition) is 2. The Bertz CT molecular complexity index is 566. The van der Waals surface area contributed by atoms with Gasteiger partial charge in [0.2, 0.25) is 0 Å². The van der Waals surface area contributed by atoms with Crippen LogP contribution in [0.1, 0.15) is 29.0 Å². The van der Waals surface area contributed by atoms with Gasteiger partial charge in [-0.25, -0.2) is 0 Å². The molecule has 2 aromatic rings. The molecule has 0 fully saturated rings. The Hall–Kier alpha value is -1.12. The maximum Gasteiger partial charge on any atom is 0.124 e. The maximum atomic E-state index is 6.65. The zero-order chi connectivity index (χ0) is 14.5. The summed E-state index contributed by atoms with van der Waals surface area (Å²) in [5.74, 6) is 0.868. The number of aryl methyl sites for hydroxylation is 1. The van der Waals surface area contributed by atoms with Gasteiger partial charge in [-0.2, -0.15) is 0 Å². The third-order valence-corrected chi connectivity index (χ3v) is 4.38. The van der Waals surface area contributed by atoms with Crippen LogP contribution in [-0.2, 0) is 0 Å². The van der Waals surface area contributed by atoms with E-state index in [-0.39, 0.29) is 5.38 Å². The predicted molar refractivity (Wildman–Crippen MR) is 88.3 cm³/mol. The van der Waals surface area contributed by atoms with Crippen LogP contribution in [0, 0.1) is 6.92 Å². The van der Waals surface area contributed by atoms with Crippen LogP contribution in [-0.4, -0.2) is 12.9 Å². The molecule has 0 bridgehead atoms. The summed E-state index contributed by atoms with van der Waals surface area (Å²) in [4.78, 5) is 1.24. The fourth-order valence-corrected chi connectivity index (χ4v) is 2.83. The maximum absolute atomic E-state index is 6.65. The van der Waals surface area contributed by atoms with Gasteiger partial charge in [0.25, 0.3) is 0 Å². The van der Waals surface area contributed by atoms with Crippen molar-refractivity contribution in [3.05, 3.63) is 59.2 Å². The zero-order valence-corrected chi connectivity index (χ0v) is 13.6. The Labute approximate surface area is 130 Å². The number of hydrogen-bond donors (Lipinski definition) is 0. The molecule has 0 saturated heterocycles. The molecule has 0 aliphatic heterocycles. The molecule has 1 atom stereocenters. The molecule has 3 heteroatoms. The monoisotopic (exact) mass is 306 g/mol. The van der Waals surface area contributed by atoms with Crippen molar-refractivity contribution in [2.75, 3.05) is 12.9 Å². The number of benzene rings is 2. The van der Waals surface area contributed by atoms with Crippen molar-refractivity contribution >= 4 is 23.4 Å². The fraction of sp³-hybridized carbons (Fsp3) is 0.294. The van der Waals surface area contributed by atoms with E-state index < -0.39 is 0 Å². The predicted octanol–water partition coefficient (Wildman–Crippen LogP) is 5.44. The Kier molecular flexibility index (Phi) is 5.38. The minimum absolute atomic E-state index is 0.188. The van der Waals surface area contributed by atoms with Crippen LogP contribution in [0.3, 0.4) is 0 Å². The van der Waals surface area contributed by atoms with Crippen LogP contribution in [0.2, 0.25) is 0 Å². The van der Waals surface area contributed by atoms with Crippen LogP contribution in [0.15, 0.2) is 47.4 Å². The summed E-state index contributed by atoms with van der Waals surface area (Å²) in [7, 11) is 0. The Morgan fingerprint density at radius 3 is 2.45 bits per heavy atom. The van der Waals surface area contributed by atoms with Gasteiger partial charge in [-0.05, 0) is 43.9 Å². The van der Waals surface area contributed by atoms with E-state index in [4.69, 9.17) is 16.3 Å². The lowest BCUT2D eigenvalue weighted by molar-refractivity contribution is 0.337. The van der Waals surface area contributed by atoms with E-state index in [2.05, 4.69) is 49.6 Å². The summed E-state index contributed by atoms with van der Waals surface area (Å²) in [6.07, 6.45) is 2.07. The molecule has 0 N–H and O–H groups in total. The van der Waals surface area contributed by atoms with E-state index in [1.807, 2.05) is 13.0 Å². The van der Waals surface area contributed by atoms with Crippen molar-refractivity contribution in [3.63, 3.8) is 0 Å². The summed E-state index contributed by atoms with van der Waals surface area (Å²) in [5.41, 5.74) is 3.32. The Morgan fingerprint density at radius 1 is 1.15 bits per heavy atom. The molecular weight excluding hydrogens is 288 g/mol. The molecule has 0 aliphatic rings. The van der Waals surface area contributed by atoms with E-state index in [1.54, 1.807) is 11.8 Å². The van der Waals surface area contributed by atoms with Crippen molar-refractivity contribution in [2.24, 2.45) is 0 Å². The van der Waals surface area contributed by atoms with E-state index in [9.17, 15) is 0 Å². The molecule has 0 amide bonds. The average molecular weight is 307 g/mol. The second-order valence-corrected chi connectivity index (χ2v) is 5.93. The Morgan fingerprint density at radius 2 is 1.85 bits per heavy atom. The molecule has 2 rings (SSSR count). The van der Waals surface area contributed by atoms with Gasteiger partial charge in [-0.1, -0.05) is 29.8 Å². The van der Waals surface area contributed by atoms with Crippen LogP contribution in [0.25, 0.3) is 0 Å². The number of rotatable bonds is 5. The topological polar surface area (TPSA) is 9.23 Å². The first-order chi connectivity index (χ1) is 9.65. The van der Waals surface area contributed by atoms with Gasteiger partial charge in [0.15, 0.2) is 0 Å². The van der Waals surface area contributed by atoms with E-state index in [0.717, 1.165) is 16.9 Å². The molecule has 0 radical (unpaired) electrons. The number of ether oxygens (including phenoxy) is 1. The molecule has 2 aromatic carbocycles. The van der Waals surface area contributed by atoms with Crippen LogP contribution in [0.4, 0.5) is 0 Å². The molecular formula is C17H19ClOS. The van der Waals surface area contributed by atoms with Gasteiger partial charge in [-0.15, -0.1) is 23.4 Å². The van der Waals surface area contributed by atoms with Gasteiger partial charge in [-0.3, -0.25) is 0 Å². The highest BCUT2D eigenvalue weighted by Crippen LogP contribution is 2.36. The molecule has 0 aromatic heterocycles. The van der Waals surface area contributed by atoms with Crippen molar-refractivity contribution in [2.45, 2.75) is 24.1 Å². The average Bonchev–Trinajstić information content (AvgIpc) is 2.48. The third-order valence-electron chi connectivity index (χ3n) is 3.15. The van der Waals surface area contributed by atoms with Crippen molar-refractivity contribution < 1.29 is 4.74 Å². The summed E-state index contributed by atoms with van der Waals surface area (Å²) < 4.78 is 5.69. The number of alkyl halides is 1. The second kappa shape index (κ2) is 7.05. The molecule has 1 unspecified atom stereocenters. The third kappa shape index (κ3) is 3.50. The van der Waals surface area contributed by atoms with E-state index >= 15 is 0 Å². The van der Waals surface area contributed by atoms with Gasteiger partial charge in [0.05, 0.1) is 12.0 Å². The van der Waals surface area contributed by atoms with Crippen LogP contribution >= 0.6 is 23.4 Å². The molecule has 0 heterocycles. The van der Waals surface area contributed by atoms with Gasteiger partial charge >= 0.3 is 0 Å². The lowest BCUT2D eigenvalue weighted by Crippen LogP contribution is -2.00. The number of thioether (sulfide) groups is 1. The number of halogens is 1. The van der Waals surface area contributed by atoms with Crippen LogP contribution in [0.5, 0.6) is 5.75 Å². The fourth-order valence-electron chi connectivity index (χ4n) is 2.11. The highest BCUT2D eigenvalue weighted by atomic mass is 35.5. The van der Waals surface area contributed by atoms with E-state index in [0.29, 0.717) is 6.61 Å². The minimum atomic E-state index is -0.188. The van der Waals surface area contributed by atoms with Gasteiger partial charge in [0.1, 0.15) is 5.75 Å². The van der Waals surface area contributed by atoms with Gasteiger partial charge in [0, 0.05) is 10.5 Å². The van der Waals surface area contributed by atoms with Crippen molar-refractivity contribution in [3.8, 4) is 5.75 Å². The normalized spacial score (nSPS) is 12.2. The standard InChI is InChI=1S/C17H19ClOS/c1-4-19-16-10-5-12(2)11-15(16)17(18)13-6-8-14(20-3)9-7-13/h5-11,17H,4H2,1-3H3. The SMILES string of the molecule is CCOc1ccc(C)cc1C(Cl)c1ccc(SC)cc1. The first-order valence-corrected chi connectivity index (χ1v) is 8.33. The first-order valence-electron chi connectivity index (χ1n) is 6.67. The summed E-state index contributed by atoms with van der Waals surface area (Å²) in [6.45, 7) is 4.70. The molecule has 0 spiro atoms. The Balaban J connectivity index is 2.35. The zero-order valence-electron chi connectivity index (χ0n) is 12.0. The molecule has 106 valence electrons. The van der Waals surface area contributed by atoms with Crippen LogP contribution < -0.4 is 4.74 Å². The lowest BCUT2D eigenvalue weighted by atomic mass is 10.0. The molecule has 0 saturated carbocycles. The quantitative estimate of drug-likeness (QED) is 0.537. The van der Waals surface area contributed by atoms with Gasteiger partial charge < -0.3 is 4.74 Å². The molecule has 0 aliphatic carbocycles. The highest BCUT2D eigenvalue weighted by molar-refractivity contribution is 7.98. The first kappa shape index (κ1) is 15.3. The smallest absolute Gasteiger partial charge is 0.124 e. The lowest BCUT2D eigenvalue weighted by Gasteiger charge is -2.16. The molecule has 1 nitrogen and oxygen atoms in total. The summed E-state index contributed by atoms with van der Waals surface area (Å²) in [6, 6.07) is 14.5. The second-order valence-electron chi connectivity index (χ2n) is 4.61. The molecule has 20 heavy (non-hydrogen) atoms. The summed E-state index contributed by atoms with van der Waals surface area (Å²) >= 11 is 8.38. The van der Waals surface area contributed by atoms with Crippen molar-refractivity contribution in [1.29, 1.82) is 0 Å². The van der Waals surface area contributed by atoms with E-state index in [1.165, 1.54) is 10.5 Å². The minimum Gasteiger partial charge on any atom is -0.494 e. The highest BCUT2D eigenvalue weighted by Gasteiger charge is 2.16. The largest absolute Gasteiger partial charge is 0.494 e. The van der Waals surface area contributed by atoms with Crippen molar-refractivity contribution in [1.82, 2.24) is 0 Å². The summed E-state index contributed by atoms with van der Waals surface area (Å²) in [5, 5.41) is -0.188.